The first-order valence-electron chi connectivity index (χ1n) is 10.9. The summed E-state index contributed by atoms with van der Waals surface area (Å²) in [6.45, 7) is 3.90. The summed E-state index contributed by atoms with van der Waals surface area (Å²) < 4.78 is 1.34. The molecule has 0 bridgehead atoms. The van der Waals surface area contributed by atoms with E-state index in [1.54, 1.807) is 0 Å². The first kappa shape index (κ1) is 23.0. The van der Waals surface area contributed by atoms with Gasteiger partial charge in [0.2, 0.25) is 0 Å². The summed E-state index contributed by atoms with van der Waals surface area (Å²) in [5.41, 5.74) is 1.50. The third-order valence-corrected chi connectivity index (χ3v) is 5.85. The minimum atomic E-state index is 1.12. The monoisotopic (exact) mass is 455 g/mol. The number of benzene rings is 1. The molecule has 0 unspecified atom stereocenters. The van der Waals surface area contributed by atoms with E-state index in [1.165, 1.54) is 112 Å². The fourth-order valence-electron chi connectivity index (χ4n) is 3.46. The summed E-state index contributed by atoms with van der Waals surface area (Å²) in [4.78, 5) is 0. The first-order chi connectivity index (χ1) is 12.3. The largest absolute Gasteiger partial charge is 0.0580 e. The summed E-state index contributed by atoms with van der Waals surface area (Å²) in [7, 11) is 0. The lowest BCUT2D eigenvalue weighted by atomic mass is 10.0. The van der Waals surface area contributed by atoms with Crippen molar-refractivity contribution >= 4 is 22.6 Å². The van der Waals surface area contributed by atoms with Crippen LogP contribution in [0.2, 0.25) is 0 Å². The Morgan fingerprint density at radius 2 is 0.880 bits per heavy atom. The highest BCUT2D eigenvalue weighted by atomic mass is 127. The second-order valence-electron chi connectivity index (χ2n) is 7.53. The van der Waals surface area contributed by atoms with Crippen molar-refractivity contribution in [1.82, 2.24) is 0 Å². The standard InChI is InChI=1S/C24H40I/c1-2-3-4-5-6-7-8-9-10-11-12-13-14-15-16-17-18-23-19-21-24(25)22-20-23/h19-22H,1-18H2. The Bertz CT molecular complexity index is 382. The van der Waals surface area contributed by atoms with Gasteiger partial charge in [-0.25, -0.2) is 0 Å². The van der Waals surface area contributed by atoms with Gasteiger partial charge in [0, 0.05) is 3.57 Å². The van der Waals surface area contributed by atoms with Crippen molar-refractivity contribution in [1.29, 1.82) is 0 Å². The Kier molecular flexibility index (Phi) is 16.0. The minimum Gasteiger partial charge on any atom is -0.0580 e. The zero-order chi connectivity index (χ0) is 18.0. The normalized spacial score (nSPS) is 11.1. The Hall–Kier alpha value is -0.0500. The van der Waals surface area contributed by atoms with Crippen LogP contribution in [-0.4, -0.2) is 0 Å². The van der Waals surface area contributed by atoms with Crippen molar-refractivity contribution in [3.8, 4) is 0 Å². The van der Waals surface area contributed by atoms with Crippen molar-refractivity contribution in [3.63, 3.8) is 0 Å². The molecular formula is C24H40I. The quantitative estimate of drug-likeness (QED) is 0.162. The van der Waals surface area contributed by atoms with Crippen LogP contribution in [0.1, 0.15) is 108 Å². The highest BCUT2D eigenvalue weighted by Gasteiger charge is 1.96. The van der Waals surface area contributed by atoms with Crippen LogP contribution in [0.3, 0.4) is 0 Å². The molecule has 0 N–H and O–H groups in total. The Labute approximate surface area is 171 Å². The molecule has 0 spiro atoms. The highest BCUT2D eigenvalue weighted by Crippen LogP contribution is 2.15. The van der Waals surface area contributed by atoms with Crippen LogP contribution in [0.5, 0.6) is 0 Å². The molecule has 0 aliphatic carbocycles. The van der Waals surface area contributed by atoms with Gasteiger partial charge >= 0.3 is 0 Å². The van der Waals surface area contributed by atoms with Crippen molar-refractivity contribution in [2.24, 2.45) is 0 Å². The number of aryl methyl sites for hydroxylation is 1. The molecule has 1 radical (unpaired) electrons. The van der Waals surface area contributed by atoms with Gasteiger partial charge in [-0.05, 0) is 53.1 Å². The van der Waals surface area contributed by atoms with Gasteiger partial charge in [0.15, 0.2) is 0 Å². The third kappa shape index (κ3) is 14.8. The second-order valence-corrected chi connectivity index (χ2v) is 8.78. The molecule has 1 aromatic carbocycles. The molecule has 0 fully saturated rings. The fourth-order valence-corrected chi connectivity index (χ4v) is 3.81. The zero-order valence-corrected chi connectivity index (χ0v) is 18.6. The van der Waals surface area contributed by atoms with E-state index in [0.29, 0.717) is 0 Å². The zero-order valence-electron chi connectivity index (χ0n) is 16.4. The van der Waals surface area contributed by atoms with Crippen molar-refractivity contribution in [3.05, 3.63) is 40.3 Å². The molecule has 0 aliphatic heterocycles. The van der Waals surface area contributed by atoms with Gasteiger partial charge in [0.25, 0.3) is 0 Å². The Morgan fingerprint density at radius 3 is 1.28 bits per heavy atom. The predicted octanol–water partition coefficient (Wildman–Crippen LogP) is 8.91. The van der Waals surface area contributed by atoms with Crippen molar-refractivity contribution in [2.75, 3.05) is 0 Å². The summed E-state index contributed by atoms with van der Waals surface area (Å²) in [5.74, 6) is 0. The van der Waals surface area contributed by atoms with Crippen molar-refractivity contribution in [2.45, 2.75) is 109 Å². The van der Waals surface area contributed by atoms with Gasteiger partial charge < -0.3 is 0 Å². The van der Waals surface area contributed by atoms with Gasteiger partial charge in [-0.2, -0.15) is 0 Å². The molecule has 25 heavy (non-hydrogen) atoms. The molecule has 1 heteroatoms. The predicted molar refractivity (Wildman–Crippen MR) is 122 cm³/mol. The van der Waals surface area contributed by atoms with Gasteiger partial charge in [0.05, 0.1) is 0 Å². The molecule has 0 aliphatic rings. The van der Waals surface area contributed by atoms with Crippen LogP contribution in [0, 0.1) is 10.5 Å². The lowest BCUT2D eigenvalue weighted by Gasteiger charge is -2.04. The van der Waals surface area contributed by atoms with Gasteiger partial charge in [-0.3, -0.25) is 0 Å². The van der Waals surface area contributed by atoms with E-state index in [1.807, 2.05) is 0 Å². The number of hydrogen-bond acceptors (Lipinski definition) is 0. The summed E-state index contributed by atoms with van der Waals surface area (Å²) in [6, 6.07) is 9.01. The number of rotatable bonds is 17. The van der Waals surface area contributed by atoms with E-state index in [2.05, 4.69) is 53.8 Å². The number of hydrogen-bond donors (Lipinski definition) is 0. The summed E-state index contributed by atoms with van der Waals surface area (Å²) in [6.07, 6.45) is 23.8. The topological polar surface area (TPSA) is 0 Å². The van der Waals surface area contributed by atoms with E-state index >= 15 is 0 Å². The molecule has 1 rings (SSSR count). The average molecular weight is 455 g/mol. The molecule has 0 saturated heterocycles. The maximum absolute atomic E-state index is 3.90. The lowest BCUT2D eigenvalue weighted by Crippen LogP contribution is -1.87. The minimum absolute atomic E-state index is 1.12. The molecular weight excluding hydrogens is 415 g/mol. The maximum atomic E-state index is 3.90. The van der Waals surface area contributed by atoms with Crippen LogP contribution < -0.4 is 0 Å². The first-order valence-corrected chi connectivity index (χ1v) is 11.9. The van der Waals surface area contributed by atoms with Gasteiger partial charge in [-0.1, -0.05) is 115 Å². The Balaban J connectivity index is 1.74. The molecule has 0 atom stereocenters. The van der Waals surface area contributed by atoms with Crippen LogP contribution in [0.25, 0.3) is 0 Å². The molecule has 1 aromatic rings. The van der Waals surface area contributed by atoms with Crippen LogP contribution in [-0.2, 0) is 6.42 Å². The molecule has 0 heterocycles. The van der Waals surface area contributed by atoms with Crippen LogP contribution in [0.4, 0.5) is 0 Å². The molecule has 143 valence electrons. The molecule has 0 nitrogen and oxygen atoms in total. The lowest BCUT2D eigenvalue weighted by molar-refractivity contribution is 0.530. The molecule has 0 aromatic heterocycles. The number of halogens is 1. The SMILES string of the molecule is [CH2]CCCCCCCCCCCCCCCCCc1ccc(I)cc1. The van der Waals surface area contributed by atoms with Crippen LogP contribution >= 0.6 is 22.6 Å². The average Bonchev–Trinajstić information content (AvgIpc) is 2.63. The van der Waals surface area contributed by atoms with Crippen molar-refractivity contribution < 1.29 is 0 Å². The smallest absolute Gasteiger partial charge is 0.0130 e. The van der Waals surface area contributed by atoms with Crippen LogP contribution in [0.15, 0.2) is 24.3 Å². The van der Waals surface area contributed by atoms with E-state index in [-0.39, 0.29) is 0 Å². The summed E-state index contributed by atoms with van der Waals surface area (Å²) in [5, 5.41) is 0. The number of unbranched alkanes of at least 4 members (excludes halogenated alkanes) is 15. The summed E-state index contributed by atoms with van der Waals surface area (Å²) >= 11 is 2.38. The van der Waals surface area contributed by atoms with E-state index in [9.17, 15) is 0 Å². The van der Waals surface area contributed by atoms with Gasteiger partial charge in [-0.15, -0.1) is 0 Å². The third-order valence-electron chi connectivity index (χ3n) is 5.13. The second kappa shape index (κ2) is 17.4. The highest BCUT2D eigenvalue weighted by molar-refractivity contribution is 14.1. The maximum Gasteiger partial charge on any atom is 0.0130 e. The van der Waals surface area contributed by atoms with E-state index in [4.69, 9.17) is 0 Å². The van der Waals surface area contributed by atoms with E-state index < -0.39 is 0 Å². The molecule has 0 saturated carbocycles. The van der Waals surface area contributed by atoms with Gasteiger partial charge in [0.1, 0.15) is 0 Å². The fraction of sp³-hybridized carbons (Fsp3) is 0.708. The molecule has 0 amide bonds. The van der Waals surface area contributed by atoms with E-state index in [0.717, 1.165) is 6.42 Å². The Morgan fingerprint density at radius 1 is 0.520 bits per heavy atom.